The zero-order chi connectivity index (χ0) is 53.0. The molecule has 0 aliphatic carbocycles. The van der Waals surface area contributed by atoms with E-state index in [2.05, 4.69) is 77.4 Å². The Balaban J connectivity index is 0.000000285. The zero-order valence-corrected chi connectivity index (χ0v) is 43.9. The van der Waals surface area contributed by atoms with Gasteiger partial charge in [0, 0.05) is 56.9 Å². The Kier molecular flexibility index (Phi) is 23.8. The molecule has 4 N–H and O–H groups in total. The van der Waals surface area contributed by atoms with E-state index in [1.165, 1.54) is 47.4 Å². The van der Waals surface area contributed by atoms with Gasteiger partial charge in [-0.1, -0.05) is 169 Å². The van der Waals surface area contributed by atoms with Crippen molar-refractivity contribution >= 4 is 29.1 Å². The second kappa shape index (κ2) is 29.1. The second-order valence-electron chi connectivity index (χ2n) is 19.0. The molecule has 0 radical (unpaired) electrons. The molecular formula is C61H77N5O7. The van der Waals surface area contributed by atoms with E-state index >= 15 is 0 Å². The number of amidine groups is 1. The molecule has 1 unspecified atom stereocenters. The summed E-state index contributed by atoms with van der Waals surface area (Å²) < 4.78 is 5.95. The number of benzene rings is 6. The number of aromatic hydroxyl groups is 2. The summed E-state index contributed by atoms with van der Waals surface area (Å²) in [5.41, 5.74) is 11.7. The van der Waals surface area contributed by atoms with Crippen LogP contribution in [0.15, 0.2) is 145 Å². The number of hydrogen-bond donors (Lipinski definition) is 4. The van der Waals surface area contributed by atoms with Gasteiger partial charge in [0.05, 0.1) is 24.7 Å². The normalized spacial score (nSPS) is 12.3. The number of phenols is 2. The number of aryl methyl sites for hydroxylation is 2. The van der Waals surface area contributed by atoms with Crippen LogP contribution in [-0.4, -0.2) is 84.5 Å². The summed E-state index contributed by atoms with van der Waals surface area (Å²) in [4.78, 5) is 49.5. The maximum atomic E-state index is 12.0. The standard InChI is InChI=1S/C27H30N2O2.C15H20O2.C13H10O3.C5H13N3.CH4/c1-17-12-18(2)14-20(13-17)22-15-21(27(3,4)5)16-23(24(22)30-6)26-28-25(29-31-26)19-10-8-7-9-11-19;1-2-3-4-8-11-14(16)12-15(17)13-9-6-5-7-10-13;14-11-7-3-1-5-9(11)13(16)10-6-2-4-8-12(10)15;1-7(2)5(6)8(3)4;/h7-16,26H,1-6H3,(H,28,29);5-7,9-10H,2-4,8,11-12H2,1H3;1-8,14-15H;6H,1-4H3;1H4. The van der Waals surface area contributed by atoms with Crippen molar-refractivity contribution in [3.8, 4) is 28.4 Å². The highest BCUT2D eigenvalue weighted by Crippen LogP contribution is 2.43. The van der Waals surface area contributed by atoms with Gasteiger partial charge in [0.2, 0.25) is 6.23 Å². The van der Waals surface area contributed by atoms with Crippen LogP contribution in [0.3, 0.4) is 0 Å². The number of rotatable bonds is 14. The fourth-order valence-corrected chi connectivity index (χ4v) is 7.60. The van der Waals surface area contributed by atoms with Crippen LogP contribution in [0, 0.1) is 19.3 Å². The van der Waals surface area contributed by atoms with Gasteiger partial charge in [0.15, 0.2) is 23.4 Å². The summed E-state index contributed by atoms with van der Waals surface area (Å²) in [6, 6.07) is 42.5. The molecule has 1 aliphatic rings. The molecule has 0 bridgehead atoms. The maximum Gasteiger partial charge on any atom is 0.206 e. The molecule has 0 amide bonds. The number of hydrogen-bond acceptors (Lipinski definition) is 10. The Morgan fingerprint density at radius 3 is 1.71 bits per heavy atom. The van der Waals surface area contributed by atoms with Crippen molar-refractivity contribution in [3.05, 3.63) is 184 Å². The average Bonchev–Trinajstić information content (AvgIpc) is 3.86. The van der Waals surface area contributed by atoms with E-state index < -0.39 is 12.0 Å². The smallest absolute Gasteiger partial charge is 0.206 e. The number of carbonyl (C=O) groups is 3. The number of ketones is 3. The SMILES string of the molecule is C.CCCCCCC(=O)CC(=O)c1ccccc1.CN(C)C(=N)N(C)C.COc1c(-c2cc(C)cc(C)c2)cc(C(C)(C)C)cc1C1N=C(c2ccccc2)NO1.O=C(c1ccccc1O)c1ccccc1O. The van der Waals surface area contributed by atoms with E-state index in [9.17, 15) is 24.6 Å². The number of aliphatic imine (C=N–C) groups is 1. The second-order valence-corrected chi connectivity index (χ2v) is 19.0. The molecule has 12 heteroatoms. The fourth-order valence-electron chi connectivity index (χ4n) is 7.60. The predicted octanol–water partition coefficient (Wildman–Crippen LogP) is 13.1. The number of carbonyl (C=O) groups excluding carboxylic acids is 3. The number of ether oxygens (including phenoxy) is 1. The van der Waals surface area contributed by atoms with Crippen molar-refractivity contribution in [2.45, 2.75) is 99.1 Å². The Bertz CT molecular complexity index is 2690. The van der Waals surface area contributed by atoms with Crippen molar-refractivity contribution in [1.82, 2.24) is 15.3 Å². The third-order valence-electron chi connectivity index (χ3n) is 11.5. The van der Waals surface area contributed by atoms with Gasteiger partial charge in [0.1, 0.15) is 23.0 Å². The summed E-state index contributed by atoms with van der Waals surface area (Å²) in [5.74, 6) is 1.47. The van der Waals surface area contributed by atoms with Crippen LogP contribution >= 0.6 is 0 Å². The predicted molar refractivity (Wildman–Crippen MR) is 297 cm³/mol. The average molecular weight is 992 g/mol. The first-order valence-corrected chi connectivity index (χ1v) is 24.2. The van der Waals surface area contributed by atoms with Crippen LogP contribution in [0.25, 0.3) is 11.1 Å². The number of phenolic OH excluding ortho intramolecular Hbond substituents is 2. The molecule has 7 rings (SSSR count). The van der Waals surface area contributed by atoms with Crippen LogP contribution in [0.1, 0.15) is 134 Å². The minimum atomic E-state index is -0.489. The molecule has 388 valence electrons. The monoisotopic (exact) mass is 992 g/mol. The van der Waals surface area contributed by atoms with Gasteiger partial charge in [-0.3, -0.25) is 19.8 Å². The third-order valence-corrected chi connectivity index (χ3v) is 11.5. The number of hydroxylamine groups is 1. The van der Waals surface area contributed by atoms with Crippen molar-refractivity contribution < 1.29 is 34.2 Å². The number of methoxy groups -OCH3 is 1. The van der Waals surface area contributed by atoms with Crippen molar-refractivity contribution in [2.24, 2.45) is 4.99 Å². The lowest BCUT2D eigenvalue weighted by atomic mass is 9.83. The van der Waals surface area contributed by atoms with Gasteiger partial charge >= 0.3 is 0 Å². The summed E-state index contributed by atoms with van der Waals surface area (Å²) in [5, 5.41) is 26.3. The molecule has 73 heavy (non-hydrogen) atoms. The number of nitrogens with zero attached hydrogens (tertiary/aromatic N) is 3. The first kappa shape index (κ1) is 59.7. The minimum Gasteiger partial charge on any atom is -0.507 e. The molecule has 1 atom stereocenters. The van der Waals surface area contributed by atoms with Crippen molar-refractivity contribution in [3.63, 3.8) is 0 Å². The Morgan fingerprint density at radius 1 is 0.712 bits per heavy atom. The highest BCUT2D eigenvalue weighted by Gasteiger charge is 2.29. The van der Waals surface area contributed by atoms with Gasteiger partial charge in [-0.25, -0.2) is 15.3 Å². The quantitative estimate of drug-likeness (QED) is 0.0271. The molecule has 0 saturated heterocycles. The molecular weight excluding hydrogens is 915 g/mol. The van der Waals surface area contributed by atoms with Crippen molar-refractivity contribution in [1.29, 1.82) is 5.41 Å². The highest BCUT2D eigenvalue weighted by atomic mass is 16.7. The highest BCUT2D eigenvalue weighted by molar-refractivity contribution is 6.12. The lowest BCUT2D eigenvalue weighted by Gasteiger charge is -2.25. The molecule has 0 fully saturated rings. The lowest BCUT2D eigenvalue weighted by molar-refractivity contribution is -0.118. The van der Waals surface area contributed by atoms with Crippen molar-refractivity contribution in [2.75, 3.05) is 35.3 Å². The van der Waals surface area contributed by atoms with Gasteiger partial charge in [-0.15, -0.1) is 0 Å². The number of guanidine groups is 1. The summed E-state index contributed by atoms with van der Waals surface area (Å²) in [7, 11) is 9.11. The molecule has 6 aromatic carbocycles. The molecule has 1 heterocycles. The fraction of sp³-hybridized carbons (Fsp3) is 0.328. The molecule has 0 saturated carbocycles. The first-order chi connectivity index (χ1) is 34.2. The zero-order valence-electron chi connectivity index (χ0n) is 43.9. The Morgan fingerprint density at radius 2 is 1.23 bits per heavy atom. The largest absolute Gasteiger partial charge is 0.507 e. The Hall–Kier alpha value is -7.57. The number of unbranched alkanes of at least 4 members (excludes halogenated alkanes) is 3. The van der Waals surface area contributed by atoms with E-state index in [4.69, 9.17) is 20.0 Å². The van der Waals surface area contributed by atoms with E-state index in [-0.39, 0.29) is 53.5 Å². The van der Waals surface area contributed by atoms with Crippen LogP contribution < -0.4 is 10.2 Å². The molecule has 1 aliphatic heterocycles. The van der Waals surface area contributed by atoms with E-state index in [1.54, 1.807) is 53.3 Å². The van der Waals surface area contributed by atoms with Crippen LogP contribution in [0.4, 0.5) is 0 Å². The van der Waals surface area contributed by atoms with Crippen LogP contribution in [0.2, 0.25) is 0 Å². The van der Waals surface area contributed by atoms with Gasteiger partial charge < -0.3 is 24.7 Å². The maximum absolute atomic E-state index is 12.0. The van der Waals surface area contributed by atoms with E-state index in [0.717, 1.165) is 53.1 Å². The minimum absolute atomic E-state index is 0. The van der Waals surface area contributed by atoms with E-state index in [0.29, 0.717) is 17.9 Å². The van der Waals surface area contributed by atoms with Gasteiger partial charge in [-0.05, 0) is 73.2 Å². The van der Waals surface area contributed by atoms with Gasteiger partial charge in [-0.2, -0.15) is 0 Å². The Labute approximate surface area is 434 Å². The molecule has 0 spiro atoms. The van der Waals surface area contributed by atoms with Crippen LogP contribution in [-0.2, 0) is 15.0 Å². The summed E-state index contributed by atoms with van der Waals surface area (Å²) in [6.07, 6.45) is 4.43. The number of Topliss-reactive ketones (excluding diaryl/α,β-unsaturated/α-hetero) is 2. The molecule has 0 aromatic heterocycles. The van der Waals surface area contributed by atoms with Gasteiger partial charge in [0.25, 0.3) is 0 Å². The first-order valence-electron chi connectivity index (χ1n) is 24.2. The molecule has 6 aromatic rings. The third kappa shape index (κ3) is 18.2. The van der Waals surface area contributed by atoms with Crippen LogP contribution in [0.5, 0.6) is 17.2 Å². The number of para-hydroxylation sites is 2. The number of nitrogens with one attached hydrogen (secondary N) is 2. The summed E-state index contributed by atoms with van der Waals surface area (Å²) in [6.45, 7) is 13.0. The topological polar surface area (TPSA) is 165 Å². The lowest BCUT2D eigenvalue weighted by Crippen LogP contribution is -2.34. The summed E-state index contributed by atoms with van der Waals surface area (Å²) >= 11 is 0. The van der Waals surface area contributed by atoms with E-state index in [1.807, 2.05) is 76.7 Å². The molecule has 12 nitrogen and oxygen atoms in total.